The van der Waals surface area contributed by atoms with E-state index in [-0.39, 0.29) is 11.8 Å². The molecule has 0 radical (unpaired) electrons. The maximum atomic E-state index is 12.6. The zero-order chi connectivity index (χ0) is 23.1. The van der Waals surface area contributed by atoms with Crippen molar-refractivity contribution in [3.05, 3.63) is 77.3 Å². The van der Waals surface area contributed by atoms with E-state index in [0.29, 0.717) is 39.1 Å². The fraction of sp³-hybridized carbons (Fsp3) is 0.167. The lowest BCUT2D eigenvalue weighted by molar-refractivity contribution is -0.116. The summed E-state index contributed by atoms with van der Waals surface area (Å²) in [6.45, 7) is 1.73. The standard InChI is InChI=1S/C24H24ClN3O4/c1-15(23(29)28-21-14-17(25)6-13-22(21)32-3)26-18-7-4-16(5-8-18)24(30)27-19-9-11-20(31-2)12-10-19/h4-15,26H,1-3H3,(H,27,30)(H,28,29)/t15-/m0/s1. The zero-order valence-electron chi connectivity index (χ0n) is 17.9. The molecular formula is C24H24ClN3O4. The van der Waals surface area contributed by atoms with E-state index in [9.17, 15) is 9.59 Å². The number of halogens is 1. The van der Waals surface area contributed by atoms with Gasteiger partial charge in [-0.2, -0.15) is 0 Å². The normalized spacial score (nSPS) is 11.2. The summed E-state index contributed by atoms with van der Waals surface area (Å²) >= 11 is 6.01. The predicted molar refractivity (Wildman–Crippen MR) is 127 cm³/mol. The second-order valence-corrected chi connectivity index (χ2v) is 7.40. The lowest BCUT2D eigenvalue weighted by atomic mass is 10.1. The summed E-state index contributed by atoms with van der Waals surface area (Å²) in [7, 11) is 3.11. The van der Waals surface area contributed by atoms with Crippen LogP contribution < -0.4 is 25.4 Å². The van der Waals surface area contributed by atoms with Crippen LogP contribution in [0.1, 0.15) is 17.3 Å². The molecule has 0 aliphatic carbocycles. The minimum atomic E-state index is -0.544. The average Bonchev–Trinajstić information content (AvgIpc) is 2.80. The number of nitrogens with one attached hydrogen (secondary N) is 3. The number of carbonyl (C=O) groups excluding carboxylic acids is 2. The second kappa shape index (κ2) is 10.5. The SMILES string of the molecule is COc1ccc(NC(=O)c2ccc(N[C@@H](C)C(=O)Nc3cc(Cl)ccc3OC)cc2)cc1. The molecule has 0 spiro atoms. The van der Waals surface area contributed by atoms with Crippen molar-refractivity contribution < 1.29 is 19.1 Å². The van der Waals surface area contributed by atoms with Crippen LogP contribution in [0.15, 0.2) is 66.7 Å². The topological polar surface area (TPSA) is 88.7 Å². The summed E-state index contributed by atoms with van der Waals surface area (Å²) in [5.74, 6) is 0.736. The summed E-state index contributed by atoms with van der Waals surface area (Å²) in [6.07, 6.45) is 0. The summed E-state index contributed by atoms with van der Waals surface area (Å²) in [5.41, 5.74) is 2.35. The van der Waals surface area contributed by atoms with Crippen molar-refractivity contribution in [1.29, 1.82) is 0 Å². The van der Waals surface area contributed by atoms with Crippen LogP contribution in [0, 0.1) is 0 Å². The lowest BCUT2D eigenvalue weighted by Crippen LogP contribution is -2.32. The van der Waals surface area contributed by atoms with Crippen LogP contribution in [0.3, 0.4) is 0 Å². The molecule has 0 saturated heterocycles. The van der Waals surface area contributed by atoms with Crippen LogP contribution in [-0.4, -0.2) is 32.1 Å². The van der Waals surface area contributed by atoms with Crippen molar-refractivity contribution in [3.8, 4) is 11.5 Å². The molecule has 2 amide bonds. The van der Waals surface area contributed by atoms with E-state index in [1.807, 2.05) is 0 Å². The van der Waals surface area contributed by atoms with Crippen LogP contribution in [0.25, 0.3) is 0 Å². The highest BCUT2D eigenvalue weighted by Gasteiger charge is 2.16. The number of rotatable bonds is 8. The highest BCUT2D eigenvalue weighted by atomic mass is 35.5. The van der Waals surface area contributed by atoms with Crippen LogP contribution in [0.5, 0.6) is 11.5 Å². The van der Waals surface area contributed by atoms with E-state index < -0.39 is 6.04 Å². The first kappa shape index (κ1) is 23.0. The lowest BCUT2D eigenvalue weighted by Gasteiger charge is -2.17. The second-order valence-electron chi connectivity index (χ2n) is 6.96. The van der Waals surface area contributed by atoms with Crippen molar-refractivity contribution >= 4 is 40.5 Å². The van der Waals surface area contributed by atoms with Gasteiger partial charge in [-0.1, -0.05) is 11.6 Å². The smallest absolute Gasteiger partial charge is 0.255 e. The third kappa shape index (κ3) is 5.92. The minimum Gasteiger partial charge on any atom is -0.497 e. The Morgan fingerprint density at radius 2 is 1.50 bits per heavy atom. The highest BCUT2D eigenvalue weighted by Crippen LogP contribution is 2.28. The van der Waals surface area contributed by atoms with Crippen molar-refractivity contribution in [2.45, 2.75) is 13.0 Å². The Balaban J connectivity index is 1.59. The minimum absolute atomic E-state index is 0.236. The van der Waals surface area contributed by atoms with E-state index in [1.54, 1.807) is 80.8 Å². The molecule has 3 N–H and O–H groups in total. The highest BCUT2D eigenvalue weighted by molar-refractivity contribution is 6.31. The maximum absolute atomic E-state index is 12.6. The van der Waals surface area contributed by atoms with Gasteiger partial charge in [0.15, 0.2) is 0 Å². The molecule has 0 aliphatic rings. The molecule has 0 unspecified atom stereocenters. The number of carbonyl (C=O) groups is 2. The summed E-state index contributed by atoms with van der Waals surface area (Å²) in [6, 6.07) is 18.4. The van der Waals surface area contributed by atoms with Crippen molar-refractivity contribution in [1.82, 2.24) is 0 Å². The third-order valence-corrected chi connectivity index (χ3v) is 4.93. The van der Waals surface area contributed by atoms with Gasteiger partial charge in [0, 0.05) is 22.0 Å². The molecule has 166 valence electrons. The number of benzene rings is 3. The molecule has 3 aromatic rings. The molecule has 8 heteroatoms. The van der Waals surface area contributed by atoms with E-state index in [1.165, 1.54) is 7.11 Å². The van der Waals surface area contributed by atoms with Gasteiger partial charge in [0.05, 0.1) is 19.9 Å². The molecule has 0 saturated carbocycles. The number of hydrogen-bond acceptors (Lipinski definition) is 5. The van der Waals surface area contributed by atoms with E-state index in [0.717, 1.165) is 0 Å². The Morgan fingerprint density at radius 3 is 2.12 bits per heavy atom. The molecular weight excluding hydrogens is 430 g/mol. The van der Waals surface area contributed by atoms with E-state index in [4.69, 9.17) is 21.1 Å². The zero-order valence-corrected chi connectivity index (χ0v) is 18.7. The van der Waals surface area contributed by atoms with E-state index in [2.05, 4.69) is 16.0 Å². The Labute approximate surface area is 191 Å². The van der Waals surface area contributed by atoms with Gasteiger partial charge in [0.2, 0.25) is 5.91 Å². The largest absolute Gasteiger partial charge is 0.497 e. The van der Waals surface area contributed by atoms with Gasteiger partial charge in [-0.15, -0.1) is 0 Å². The van der Waals surface area contributed by atoms with Crippen LogP contribution in [0.4, 0.5) is 17.1 Å². The monoisotopic (exact) mass is 453 g/mol. The summed E-state index contributed by atoms with van der Waals surface area (Å²) < 4.78 is 10.4. The number of methoxy groups -OCH3 is 2. The first-order valence-electron chi connectivity index (χ1n) is 9.86. The Kier molecular flexibility index (Phi) is 7.57. The number of anilines is 3. The van der Waals surface area contributed by atoms with Gasteiger partial charge in [0.25, 0.3) is 5.91 Å². The molecule has 0 heterocycles. The first-order chi connectivity index (χ1) is 15.4. The van der Waals surface area contributed by atoms with Crippen LogP contribution >= 0.6 is 11.6 Å². The number of hydrogen-bond donors (Lipinski definition) is 3. The average molecular weight is 454 g/mol. The molecule has 0 fully saturated rings. The Hall–Kier alpha value is -3.71. The van der Waals surface area contributed by atoms with Gasteiger partial charge < -0.3 is 25.4 Å². The fourth-order valence-corrected chi connectivity index (χ4v) is 3.10. The van der Waals surface area contributed by atoms with Crippen LogP contribution in [0.2, 0.25) is 5.02 Å². The molecule has 32 heavy (non-hydrogen) atoms. The Morgan fingerprint density at radius 1 is 0.844 bits per heavy atom. The van der Waals surface area contributed by atoms with Crippen LogP contribution in [-0.2, 0) is 4.79 Å². The van der Waals surface area contributed by atoms with Gasteiger partial charge >= 0.3 is 0 Å². The van der Waals surface area contributed by atoms with Crippen molar-refractivity contribution in [2.75, 3.05) is 30.2 Å². The molecule has 0 aromatic heterocycles. The first-order valence-corrected chi connectivity index (χ1v) is 10.2. The summed E-state index contributed by atoms with van der Waals surface area (Å²) in [4.78, 5) is 25.0. The molecule has 3 rings (SSSR count). The predicted octanol–water partition coefficient (Wildman–Crippen LogP) is 5.05. The maximum Gasteiger partial charge on any atom is 0.255 e. The third-order valence-electron chi connectivity index (χ3n) is 4.69. The quantitative estimate of drug-likeness (QED) is 0.444. The number of amides is 2. The molecule has 0 aliphatic heterocycles. The van der Waals surface area contributed by atoms with E-state index >= 15 is 0 Å². The van der Waals surface area contributed by atoms with Gasteiger partial charge in [-0.25, -0.2) is 0 Å². The Bertz CT molecular complexity index is 1090. The molecule has 3 aromatic carbocycles. The summed E-state index contributed by atoms with van der Waals surface area (Å²) in [5, 5.41) is 9.23. The molecule has 0 bridgehead atoms. The number of ether oxygens (including phenoxy) is 2. The van der Waals surface area contributed by atoms with Crippen molar-refractivity contribution in [3.63, 3.8) is 0 Å². The van der Waals surface area contributed by atoms with Crippen molar-refractivity contribution in [2.24, 2.45) is 0 Å². The molecule has 7 nitrogen and oxygen atoms in total. The van der Waals surface area contributed by atoms with Gasteiger partial charge in [-0.05, 0) is 73.7 Å². The fourth-order valence-electron chi connectivity index (χ4n) is 2.93. The molecule has 1 atom stereocenters. The van der Waals surface area contributed by atoms with Gasteiger partial charge in [0.1, 0.15) is 17.5 Å². The van der Waals surface area contributed by atoms with Gasteiger partial charge in [-0.3, -0.25) is 9.59 Å².